The molecule has 14 nitrogen and oxygen atoms in total. The molecule has 0 aromatic heterocycles. The van der Waals surface area contributed by atoms with Gasteiger partial charge in [-0.05, 0) is 6.42 Å². The molecule has 2 saturated heterocycles. The average Bonchev–Trinajstić information content (AvgIpc) is 3.08. The standard InChI is InChI=1S/C33H65N7O7/c1-5-31(43)35(4)13-19-39(32(44)6-2)21-22-40(33(45)7-3)20-18-36-14-16-38(17-15-36)26-30(42)28-47-24-8-23-46-27-29(41)25-37-11-9-34-10-12-37/h29-30,34,41-42H,5-28H2,1-4H3. The molecule has 2 atom stereocenters. The predicted octanol–water partition coefficient (Wildman–Crippen LogP) is -1.00. The van der Waals surface area contributed by atoms with Crippen LogP contribution in [0.15, 0.2) is 0 Å². The van der Waals surface area contributed by atoms with Gasteiger partial charge in [-0.2, -0.15) is 0 Å². The summed E-state index contributed by atoms with van der Waals surface area (Å²) < 4.78 is 11.3. The van der Waals surface area contributed by atoms with Gasteiger partial charge in [0.25, 0.3) is 0 Å². The maximum atomic E-state index is 12.7. The summed E-state index contributed by atoms with van der Waals surface area (Å²) >= 11 is 0. The minimum absolute atomic E-state index is 0.0250. The van der Waals surface area contributed by atoms with Crippen LogP contribution >= 0.6 is 0 Å². The van der Waals surface area contributed by atoms with Crippen molar-refractivity contribution >= 4 is 17.7 Å². The van der Waals surface area contributed by atoms with Gasteiger partial charge in [0, 0.05) is 144 Å². The van der Waals surface area contributed by atoms with Crippen molar-refractivity contribution in [1.82, 2.24) is 34.7 Å². The quantitative estimate of drug-likeness (QED) is 0.109. The molecule has 14 heteroatoms. The van der Waals surface area contributed by atoms with Gasteiger partial charge in [-0.25, -0.2) is 0 Å². The minimum atomic E-state index is -0.561. The number of nitrogens with zero attached hydrogens (tertiary/aromatic N) is 6. The molecule has 3 N–H and O–H groups in total. The molecule has 2 unspecified atom stereocenters. The number of amides is 3. The van der Waals surface area contributed by atoms with Crippen LogP contribution in [0.2, 0.25) is 0 Å². The number of hydrogen-bond donors (Lipinski definition) is 3. The maximum Gasteiger partial charge on any atom is 0.222 e. The van der Waals surface area contributed by atoms with E-state index >= 15 is 0 Å². The fourth-order valence-corrected chi connectivity index (χ4v) is 5.83. The highest BCUT2D eigenvalue weighted by Gasteiger charge is 2.22. The number of rotatable bonds is 24. The number of likely N-dealkylation sites (N-methyl/N-ethyl adjacent to an activating group) is 1. The monoisotopic (exact) mass is 671 g/mol. The molecule has 0 aromatic carbocycles. The Bertz CT molecular complexity index is 872. The van der Waals surface area contributed by atoms with Crippen LogP contribution in [0.1, 0.15) is 46.5 Å². The summed E-state index contributed by atoms with van der Waals surface area (Å²) in [6, 6.07) is 0. The van der Waals surface area contributed by atoms with E-state index in [1.165, 1.54) is 0 Å². The summed E-state index contributed by atoms with van der Waals surface area (Å²) in [5.74, 6) is 0.146. The van der Waals surface area contributed by atoms with Crippen LogP contribution in [-0.4, -0.2) is 208 Å². The molecule has 0 aliphatic carbocycles. The Kier molecular flexibility index (Phi) is 21.3. The van der Waals surface area contributed by atoms with Crippen molar-refractivity contribution in [2.75, 3.05) is 138 Å². The zero-order valence-electron chi connectivity index (χ0n) is 29.7. The van der Waals surface area contributed by atoms with Gasteiger partial charge in [0.2, 0.25) is 17.7 Å². The Balaban J connectivity index is 1.59. The Morgan fingerprint density at radius 3 is 1.62 bits per heavy atom. The van der Waals surface area contributed by atoms with Crippen LogP contribution in [0.3, 0.4) is 0 Å². The van der Waals surface area contributed by atoms with Crippen molar-refractivity contribution in [1.29, 1.82) is 0 Å². The van der Waals surface area contributed by atoms with Gasteiger partial charge in [-0.1, -0.05) is 20.8 Å². The maximum absolute atomic E-state index is 12.7. The topological polar surface area (TPSA) is 142 Å². The predicted molar refractivity (Wildman–Crippen MR) is 182 cm³/mol. The Hall–Kier alpha value is -1.91. The molecule has 0 spiro atoms. The zero-order chi connectivity index (χ0) is 34.4. The lowest BCUT2D eigenvalue weighted by Crippen LogP contribution is -2.51. The highest BCUT2D eigenvalue weighted by Crippen LogP contribution is 2.06. The van der Waals surface area contributed by atoms with Crippen molar-refractivity contribution in [2.24, 2.45) is 0 Å². The van der Waals surface area contributed by atoms with Gasteiger partial charge in [0.1, 0.15) is 0 Å². The van der Waals surface area contributed by atoms with Crippen molar-refractivity contribution < 1.29 is 34.1 Å². The SMILES string of the molecule is CCC(=O)N(C)CCN(CCN(CCN1CCN(CC(O)COCCCOCC(O)CN2CCNCC2)CC1)C(=O)CC)C(=O)CC. The van der Waals surface area contributed by atoms with Crippen molar-refractivity contribution in [3.63, 3.8) is 0 Å². The van der Waals surface area contributed by atoms with E-state index in [2.05, 4.69) is 20.0 Å². The van der Waals surface area contributed by atoms with Crippen LogP contribution in [0.25, 0.3) is 0 Å². The third kappa shape index (κ3) is 17.4. The second kappa shape index (κ2) is 24.3. The first-order valence-corrected chi connectivity index (χ1v) is 17.9. The van der Waals surface area contributed by atoms with E-state index in [0.717, 1.165) is 58.9 Å². The number of piperazine rings is 2. The second-order valence-corrected chi connectivity index (χ2v) is 12.6. The summed E-state index contributed by atoms with van der Waals surface area (Å²) in [4.78, 5) is 49.4. The number of ether oxygens (including phenoxy) is 2. The van der Waals surface area contributed by atoms with Crippen LogP contribution in [0, 0.1) is 0 Å². The van der Waals surface area contributed by atoms with Crippen molar-refractivity contribution in [3.8, 4) is 0 Å². The highest BCUT2D eigenvalue weighted by atomic mass is 16.5. The fraction of sp³-hybridized carbons (Fsp3) is 0.909. The Labute approximate surface area is 283 Å². The number of aliphatic hydroxyl groups excluding tert-OH is 2. The number of carbonyl (C=O) groups excluding carboxylic acids is 3. The molecule has 0 radical (unpaired) electrons. The fourth-order valence-electron chi connectivity index (χ4n) is 5.83. The van der Waals surface area contributed by atoms with Gasteiger partial charge in [-0.15, -0.1) is 0 Å². The summed E-state index contributed by atoms with van der Waals surface area (Å²) in [6.45, 7) is 18.8. The molecule has 47 heavy (non-hydrogen) atoms. The van der Waals surface area contributed by atoms with Crippen LogP contribution in [0.4, 0.5) is 0 Å². The summed E-state index contributed by atoms with van der Waals surface area (Å²) in [6.07, 6.45) is 0.905. The number of carbonyl (C=O) groups is 3. The lowest BCUT2D eigenvalue weighted by molar-refractivity contribution is -0.136. The molecule has 2 aliphatic heterocycles. The molecule has 2 fully saturated rings. The first-order valence-electron chi connectivity index (χ1n) is 17.9. The average molecular weight is 672 g/mol. The number of hydrogen-bond acceptors (Lipinski definition) is 11. The molecule has 2 heterocycles. The zero-order valence-corrected chi connectivity index (χ0v) is 29.7. The largest absolute Gasteiger partial charge is 0.389 e. The second-order valence-electron chi connectivity index (χ2n) is 12.6. The normalized spacial score (nSPS) is 17.7. The van der Waals surface area contributed by atoms with Gasteiger partial charge < -0.3 is 39.7 Å². The molecule has 0 aromatic rings. The molecule has 3 amide bonds. The Morgan fingerprint density at radius 2 is 1.11 bits per heavy atom. The lowest BCUT2D eigenvalue weighted by atomic mass is 10.2. The number of nitrogens with one attached hydrogen (secondary N) is 1. The first kappa shape index (κ1) is 41.3. The van der Waals surface area contributed by atoms with E-state index in [0.29, 0.717) is 91.3 Å². The smallest absolute Gasteiger partial charge is 0.222 e. The molecule has 0 saturated carbocycles. The molecular formula is C33H65N7O7. The molecular weight excluding hydrogens is 606 g/mol. The summed E-state index contributed by atoms with van der Waals surface area (Å²) in [7, 11) is 1.75. The third-order valence-electron chi connectivity index (χ3n) is 8.88. The van der Waals surface area contributed by atoms with Gasteiger partial charge in [0.05, 0.1) is 25.4 Å². The first-order chi connectivity index (χ1) is 22.7. The highest BCUT2D eigenvalue weighted by molar-refractivity contribution is 5.77. The Morgan fingerprint density at radius 1 is 0.660 bits per heavy atom. The van der Waals surface area contributed by atoms with Crippen molar-refractivity contribution in [2.45, 2.75) is 58.7 Å². The van der Waals surface area contributed by atoms with E-state index in [9.17, 15) is 24.6 Å². The molecule has 0 bridgehead atoms. The van der Waals surface area contributed by atoms with Gasteiger partial charge in [-0.3, -0.25) is 29.1 Å². The lowest BCUT2D eigenvalue weighted by Gasteiger charge is -2.37. The molecule has 274 valence electrons. The minimum Gasteiger partial charge on any atom is -0.389 e. The van der Waals surface area contributed by atoms with E-state index in [4.69, 9.17) is 9.47 Å². The van der Waals surface area contributed by atoms with Gasteiger partial charge >= 0.3 is 0 Å². The molecule has 2 aliphatic rings. The number of β-amino-alcohol motifs (C(OH)–C–C–N with tert-alkyl or cyclic N) is 2. The summed E-state index contributed by atoms with van der Waals surface area (Å²) in [5.41, 5.74) is 0. The van der Waals surface area contributed by atoms with Crippen LogP contribution < -0.4 is 5.32 Å². The van der Waals surface area contributed by atoms with Crippen LogP contribution in [-0.2, 0) is 23.9 Å². The number of aliphatic hydroxyl groups is 2. The van der Waals surface area contributed by atoms with E-state index in [1.807, 2.05) is 25.7 Å². The third-order valence-corrected chi connectivity index (χ3v) is 8.88. The summed E-state index contributed by atoms with van der Waals surface area (Å²) in [5, 5.41) is 23.9. The van der Waals surface area contributed by atoms with Crippen LogP contribution in [0.5, 0.6) is 0 Å². The molecule has 2 rings (SSSR count). The van der Waals surface area contributed by atoms with E-state index < -0.39 is 12.2 Å². The van der Waals surface area contributed by atoms with Gasteiger partial charge in [0.15, 0.2) is 0 Å². The van der Waals surface area contributed by atoms with E-state index in [1.54, 1.807) is 16.8 Å². The van der Waals surface area contributed by atoms with Crippen molar-refractivity contribution in [3.05, 3.63) is 0 Å². The van der Waals surface area contributed by atoms with E-state index in [-0.39, 0.29) is 24.3 Å².